The molecule has 2 aromatic heterocycles. The van der Waals surface area contributed by atoms with Gasteiger partial charge in [0.05, 0.1) is 33.9 Å². The summed E-state index contributed by atoms with van der Waals surface area (Å²) < 4.78 is 1.14. The van der Waals surface area contributed by atoms with Gasteiger partial charge in [-0.1, -0.05) is 0 Å². The molecule has 0 spiro atoms. The molecule has 0 atom stereocenters. The molecule has 0 radical (unpaired) electrons. The zero-order valence-corrected chi connectivity index (χ0v) is 12.1. The van der Waals surface area contributed by atoms with Gasteiger partial charge in [0.15, 0.2) is 0 Å². The number of nitriles is 1. The van der Waals surface area contributed by atoms with Crippen molar-refractivity contribution < 1.29 is 0 Å². The van der Waals surface area contributed by atoms with E-state index in [0.29, 0.717) is 18.4 Å². The highest BCUT2D eigenvalue weighted by Gasteiger charge is 2.22. The van der Waals surface area contributed by atoms with Crippen LogP contribution < -0.4 is 11.1 Å². The second-order valence-electron chi connectivity index (χ2n) is 5.45. The average Bonchev–Trinajstić information content (AvgIpc) is 2.93. The van der Waals surface area contributed by atoms with Crippen molar-refractivity contribution in [3.8, 4) is 6.07 Å². The van der Waals surface area contributed by atoms with Gasteiger partial charge in [-0.05, 0) is 43.0 Å². The first-order valence-electron chi connectivity index (χ1n) is 7.03. The van der Waals surface area contributed by atoms with Crippen molar-refractivity contribution >= 4 is 32.9 Å². The zero-order valence-electron chi connectivity index (χ0n) is 11.3. The van der Waals surface area contributed by atoms with Gasteiger partial charge in [-0.15, -0.1) is 11.3 Å². The van der Waals surface area contributed by atoms with Crippen molar-refractivity contribution in [2.75, 3.05) is 11.1 Å². The minimum Gasteiger partial charge on any atom is -0.396 e. The molecule has 1 aliphatic rings. The first-order chi connectivity index (χ1) is 9.78. The Balaban J connectivity index is 1.73. The Bertz CT molecular complexity index is 635. The number of rotatable bonds is 3. The number of nitrogens with zero attached hydrogens (tertiary/aromatic N) is 2. The quantitative estimate of drug-likeness (QED) is 0.900. The predicted molar refractivity (Wildman–Crippen MR) is 83.6 cm³/mol. The summed E-state index contributed by atoms with van der Waals surface area (Å²) in [6.45, 7) is 0. The summed E-state index contributed by atoms with van der Waals surface area (Å²) >= 11 is 1.68. The molecule has 20 heavy (non-hydrogen) atoms. The molecule has 2 aromatic rings. The zero-order chi connectivity index (χ0) is 13.9. The van der Waals surface area contributed by atoms with E-state index in [-0.39, 0.29) is 0 Å². The highest BCUT2D eigenvalue weighted by molar-refractivity contribution is 7.17. The first-order valence-corrected chi connectivity index (χ1v) is 7.91. The molecule has 1 fully saturated rings. The Labute approximate surface area is 122 Å². The van der Waals surface area contributed by atoms with Crippen LogP contribution in [0, 0.1) is 17.2 Å². The fraction of sp³-hybridized carbons (Fsp3) is 0.467. The van der Waals surface area contributed by atoms with Crippen LogP contribution in [0.4, 0.5) is 11.4 Å². The average molecular weight is 286 g/mol. The molecule has 3 N–H and O–H groups in total. The lowest BCUT2D eigenvalue weighted by Crippen LogP contribution is -2.26. The molecule has 0 aliphatic heterocycles. The summed E-state index contributed by atoms with van der Waals surface area (Å²) in [5.41, 5.74) is 8.84. The van der Waals surface area contributed by atoms with Gasteiger partial charge in [0.2, 0.25) is 0 Å². The summed E-state index contributed by atoms with van der Waals surface area (Å²) in [5, 5.41) is 14.4. The third kappa shape index (κ3) is 2.56. The van der Waals surface area contributed by atoms with E-state index in [1.165, 1.54) is 0 Å². The molecule has 0 amide bonds. The highest BCUT2D eigenvalue weighted by Crippen LogP contribution is 2.35. The smallest absolute Gasteiger partial charge is 0.0832 e. The first kappa shape index (κ1) is 13.2. The Hall–Kier alpha value is -1.80. The maximum absolute atomic E-state index is 8.76. The lowest BCUT2D eigenvalue weighted by atomic mass is 9.84. The van der Waals surface area contributed by atoms with Crippen LogP contribution in [0.25, 0.3) is 10.2 Å². The lowest BCUT2D eigenvalue weighted by Gasteiger charge is -2.29. The van der Waals surface area contributed by atoms with Crippen LogP contribution in [0.1, 0.15) is 32.1 Å². The van der Waals surface area contributed by atoms with Crippen molar-refractivity contribution in [3.05, 3.63) is 17.6 Å². The van der Waals surface area contributed by atoms with Crippen LogP contribution >= 0.6 is 11.3 Å². The lowest BCUT2D eigenvalue weighted by molar-refractivity contribution is 0.343. The molecule has 4 nitrogen and oxygen atoms in total. The van der Waals surface area contributed by atoms with Gasteiger partial charge < -0.3 is 11.1 Å². The van der Waals surface area contributed by atoms with Gasteiger partial charge in [-0.25, -0.2) is 0 Å². The van der Waals surface area contributed by atoms with Gasteiger partial charge in [0.1, 0.15) is 0 Å². The van der Waals surface area contributed by atoms with E-state index >= 15 is 0 Å². The van der Waals surface area contributed by atoms with Crippen LogP contribution in [0.15, 0.2) is 17.6 Å². The largest absolute Gasteiger partial charge is 0.396 e. The van der Waals surface area contributed by atoms with Crippen LogP contribution in [-0.2, 0) is 0 Å². The van der Waals surface area contributed by atoms with Crippen molar-refractivity contribution in [1.29, 1.82) is 5.26 Å². The van der Waals surface area contributed by atoms with Crippen LogP contribution in [-0.4, -0.2) is 11.0 Å². The second kappa shape index (κ2) is 5.68. The summed E-state index contributed by atoms with van der Waals surface area (Å²) in [4.78, 5) is 4.34. The summed E-state index contributed by atoms with van der Waals surface area (Å²) in [7, 11) is 0. The van der Waals surface area contributed by atoms with Gasteiger partial charge in [-0.3, -0.25) is 4.98 Å². The molecule has 0 saturated heterocycles. The van der Waals surface area contributed by atoms with Gasteiger partial charge in [-0.2, -0.15) is 5.26 Å². The molecule has 0 aromatic carbocycles. The van der Waals surface area contributed by atoms with Gasteiger partial charge in [0, 0.05) is 12.5 Å². The molecule has 2 heterocycles. The normalized spacial score (nSPS) is 22.6. The third-order valence-corrected chi connectivity index (χ3v) is 5.00. The predicted octanol–water partition coefficient (Wildman–Crippen LogP) is 3.76. The Morgan fingerprint density at radius 2 is 2.20 bits per heavy atom. The molecular weight excluding hydrogens is 268 g/mol. The van der Waals surface area contributed by atoms with E-state index in [1.807, 2.05) is 11.4 Å². The number of hydrogen-bond acceptors (Lipinski definition) is 5. The third-order valence-electron chi connectivity index (χ3n) is 4.08. The molecule has 0 bridgehead atoms. The minimum atomic E-state index is 0.458. The number of pyridine rings is 1. The Kier molecular flexibility index (Phi) is 3.75. The summed E-state index contributed by atoms with van der Waals surface area (Å²) in [6, 6.07) is 4.77. The number of fused-ring (bicyclic) bond motifs is 1. The number of thiophene rings is 1. The number of anilines is 2. The number of hydrogen-bond donors (Lipinski definition) is 2. The van der Waals surface area contributed by atoms with E-state index in [1.54, 1.807) is 17.5 Å². The number of nitrogen functional groups attached to an aromatic ring is 1. The molecule has 1 saturated carbocycles. The molecule has 104 valence electrons. The van der Waals surface area contributed by atoms with E-state index < -0.39 is 0 Å². The Morgan fingerprint density at radius 1 is 1.40 bits per heavy atom. The van der Waals surface area contributed by atoms with Crippen LogP contribution in [0.3, 0.4) is 0 Å². The fourth-order valence-corrected chi connectivity index (χ4v) is 3.79. The Morgan fingerprint density at radius 3 is 2.95 bits per heavy atom. The maximum atomic E-state index is 8.76. The standard InChI is InChI=1S/C15H18N4S/c16-7-5-10-1-3-11(4-2-10)19-14-12(17)9-18-13-6-8-20-15(13)14/h6,8-11H,1-5,17H2,(H,18,19)/t10-,11-. The van der Waals surface area contributed by atoms with E-state index in [4.69, 9.17) is 11.0 Å². The fourth-order valence-electron chi connectivity index (χ4n) is 2.92. The molecular formula is C15H18N4S. The molecule has 3 rings (SSSR count). The van der Waals surface area contributed by atoms with Crippen molar-refractivity contribution in [1.82, 2.24) is 4.98 Å². The van der Waals surface area contributed by atoms with Gasteiger partial charge >= 0.3 is 0 Å². The van der Waals surface area contributed by atoms with Crippen molar-refractivity contribution in [2.24, 2.45) is 5.92 Å². The summed E-state index contributed by atoms with van der Waals surface area (Å²) in [5.74, 6) is 0.578. The topological polar surface area (TPSA) is 74.7 Å². The molecule has 5 heteroatoms. The SMILES string of the molecule is N#CC[C@H]1CC[C@H](Nc2c(N)cnc3ccsc23)CC1. The van der Waals surface area contributed by atoms with E-state index in [9.17, 15) is 0 Å². The minimum absolute atomic E-state index is 0.458. The van der Waals surface area contributed by atoms with Crippen molar-refractivity contribution in [3.63, 3.8) is 0 Å². The number of aromatic nitrogens is 1. The van der Waals surface area contributed by atoms with E-state index in [2.05, 4.69) is 16.4 Å². The maximum Gasteiger partial charge on any atom is 0.0832 e. The molecule has 0 unspecified atom stereocenters. The highest BCUT2D eigenvalue weighted by atomic mass is 32.1. The number of nitrogens with one attached hydrogen (secondary N) is 1. The molecule has 1 aliphatic carbocycles. The second-order valence-corrected chi connectivity index (χ2v) is 6.36. The monoisotopic (exact) mass is 286 g/mol. The van der Waals surface area contributed by atoms with Crippen LogP contribution in [0.2, 0.25) is 0 Å². The number of nitrogens with two attached hydrogens (primary N) is 1. The van der Waals surface area contributed by atoms with E-state index in [0.717, 1.165) is 47.3 Å². The van der Waals surface area contributed by atoms with Gasteiger partial charge in [0.25, 0.3) is 0 Å². The van der Waals surface area contributed by atoms with Crippen LogP contribution in [0.5, 0.6) is 0 Å². The summed E-state index contributed by atoms with van der Waals surface area (Å²) in [6.07, 6.45) is 6.91. The van der Waals surface area contributed by atoms with Crippen molar-refractivity contribution in [2.45, 2.75) is 38.1 Å².